The summed E-state index contributed by atoms with van der Waals surface area (Å²) in [5, 5.41) is 13.8. The Hall–Kier alpha value is -2.31. The van der Waals surface area contributed by atoms with Crippen molar-refractivity contribution in [2.75, 3.05) is 6.54 Å². The number of hydrogen-bond acceptors (Lipinski definition) is 4. The molecule has 19 heavy (non-hydrogen) atoms. The first kappa shape index (κ1) is 14.7. The maximum Gasteiger partial charge on any atom is 0.371 e. The third kappa shape index (κ3) is 4.82. The van der Waals surface area contributed by atoms with Crippen molar-refractivity contribution in [1.82, 2.24) is 10.6 Å². The maximum atomic E-state index is 11.6. The van der Waals surface area contributed by atoms with Crippen LogP contribution in [0.4, 0.5) is 0 Å². The Morgan fingerprint density at radius 2 is 1.89 bits per heavy atom. The van der Waals surface area contributed by atoms with Gasteiger partial charge in [-0.2, -0.15) is 0 Å². The highest BCUT2D eigenvalue weighted by Crippen LogP contribution is 2.07. The summed E-state index contributed by atoms with van der Waals surface area (Å²) in [6.07, 6.45) is 0.149. The van der Waals surface area contributed by atoms with Gasteiger partial charge in [0.15, 0.2) is 5.76 Å². The molecule has 0 aromatic carbocycles. The number of carbonyl (C=O) groups is 3. The second-order valence-corrected chi connectivity index (χ2v) is 4.20. The molecule has 7 nitrogen and oxygen atoms in total. The minimum Gasteiger partial charge on any atom is -0.475 e. The molecule has 1 aromatic rings. The van der Waals surface area contributed by atoms with Crippen molar-refractivity contribution in [3.8, 4) is 0 Å². The molecule has 0 unspecified atom stereocenters. The second kappa shape index (κ2) is 6.58. The van der Waals surface area contributed by atoms with Crippen LogP contribution in [0.1, 0.15) is 41.4 Å². The van der Waals surface area contributed by atoms with Crippen molar-refractivity contribution in [2.45, 2.75) is 26.3 Å². The molecule has 0 spiro atoms. The molecule has 0 atom stereocenters. The van der Waals surface area contributed by atoms with Gasteiger partial charge in [0.05, 0.1) is 0 Å². The van der Waals surface area contributed by atoms with Crippen LogP contribution in [-0.4, -0.2) is 35.5 Å². The Labute approximate surface area is 110 Å². The van der Waals surface area contributed by atoms with Gasteiger partial charge >= 0.3 is 5.97 Å². The smallest absolute Gasteiger partial charge is 0.371 e. The molecule has 0 aliphatic carbocycles. The molecule has 1 rings (SSSR count). The zero-order valence-corrected chi connectivity index (χ0v) is 10.7. The molecule has 0 saturated heterocycles. The molecule has 3 N–H and O–H groups in total. The summed E-state index contributed by atoms with van der Waals surface area (Å²) in [6.45, 7) is 3.83. The van der Waals surface area contributed by atoms with E-state index in [-0.39, 0.29) is 36.4 Å². The van der Waals surface area contributed by atoms with Crippen LogP contribution >= 0.6 is 0 Å². The predicted octanol–water partition coefficient (Wildman–Crippen LogP) is 0.622. The van der Waals surface area contributed by atoms with Crippen LogP contribution in [-0.2, 0) is 4.79 Å². The summed E-state index contributed by atoms with van der Waals surface area (Å²) < 4.78 is 4.82. The molecular formula is C12H16N2O5. The molecular weight excluding hydrogens is 252 g/mol. The van der Waals surface area contributed by atoms with Crippen LogP contribution in [0.25, 0.3) is 0 Å². The Morgan fingerprint density at radius 3 is 2.42 bits per heavy atom. The molecule has 0 aliphatic heterocycles. The monoisotopic (exact) mass is 268 g/mol. The minimum atomic E-state index is -1.24. The van der Waals surface area contributed by atoms with E-state index in [9.17, 15) is 14.4 Å². The van der Waals surface area contributed by atoms with E-state index in [4.69, 9.17) is 9.52 Å². The number of carboxylic acids is 1. The highest BCUT2D eigenvalue weighted by molar-refractivity contribution is 5.93. The number of furan rings is 1. The highest BCUT2D eigenvalue weighted by atomic mass is 16.4. The van der Waals surface area contributed by atoms with Gasteiger partial charge in [0.1, 0.15) is 0 Å². The standard InChI is InChI=1S/C12H16N2O5/c1-7(2)14-10(15)5-6-13-11(16)8-3-4-9(19-8)12(17)18/h3-4,7H,5-6H2,1-2H3,(H,13,16)(H,14,15)(H,17,18). The van der Waals surface area contributed by atoms with Crippen molar-refractivity contribution in [3.05, 3.63) is 23.7 Å². The van der Waals surface area contributed by atoms with E-state index in [1.54, 1.807) is 0 Å². The summed E-state index contributed by atoms with van der Waals surface area (Å²) in [5.41, 5.74) is 0. The summed E-state index contributed by atoms with van der Waals surface area (Å²) >= 11 is 0. The Balaban J connectivity index is 2.39. The van der Waals surface area contributed by atoms with E-state index >= 15 is 0 Å². The van der Waals surface area contributed by atoms with Crippen LogP contribution in [0, 0.1) is 0 Å². The third-order valence-corrected chi connectivity index (χ3v) is 2.13. The third-order valence-electron chi connectivity index (χ3n) is 2.13. The number of hydrogen-bond donors (Lipinski definition) is 3. The van der Waals surface area contributed by atoms with E-state index in [2.05, 4.69) is 10.6 Å². The average Bonchev–Trinajstić information content (AvgIpc) is 2.76. The number of rotatable bonds is 6. The Kier molecular flexibility index (Phi) is 5.11. The number of carboxylic acid groups (broad SMARTS) is 1. The summed E-state index contributed by atoms with van der Waals surface area (Å²) in [4.78, 5) is 33.4. The number of nitrogens with one attached hydrogen (secondary N) is 2. The predicted molar refractivity (Wildman–Crippen MR) is 65.9 cm³/mol. The van der Waals surface area contributed by atoms with E-state index in [1.807, 2.05) is 13.8 Å². The van der Waals surface area contributed by atoms with Gasteiger partial charge in [0, 0.05) is 19.0 Å². The lowest BCUT2D eigenvalue weighted by Gasteiger charge is -2.08. The van der Waals surface area contributed by atoms with Crippen molar-refractivity contribution in [1.29, 1.82) is 0 Å². The van der Waals surface area contributed by atoms with Gasteiger partial charge in [-0.15, -0.1) is 0 Å². The van der Waals surface area contributed by atoms with Crippen molar-refractivity contribution in [2.24, 2.45) is 0 Å². The summed E-state index contributed by atoms with van der Waals surface area (Å²) in [5.74, 6) is -2.36. The van der Waals surface area contributed by atoms with Crippen LogP contribution < -0.4 is 10.6 Å². The van der Waals surface area contributed by atoms with Crippen LogP contribution in [0.15, 0.2) is 16.5 Å². The Morgan fingerprint density at radius 1 is 1.26 bits per heavy atom. The van der Waals surface area contributed by atoms with E-state index in [0.717, 1.165) is 0 Å². The van der Waals surface area contributed by atoms with Crippen LogP contribution in [0.2, 0.25) is 0 Å². The maximum absolute atomic E-state index is 11.6. The SMILES string of the molecule is CC(C)NC(=O)CCNC(=O)c1ccc(C(=O)O)o1. The Bertz CT molecular complexity index is 478. The van der Waals surface area contributed by atoms with Crippen molar-refractivity contribution in [3.63, 3.8) is 0 Å². The second-order valence-electron chi connectivity index (χ2n) is 4.20. The van der Waals surface area contributed by atoms with Gasteiger partial charge < -0.3 is 20.2 Å². The lowest BCUT2D eigenvalue weighted by atomic mass is 10.3. The number of aromatic carboxylic acids is 1. The normalized spacial score (nSPS) is 10.3. The molecule has 0 fully saturated rings. The molecule has 0 saturated carbocycles. The van der Waals surface area contributed by atoms with Gasteiger partial charge in [-0.3, -0.25) is 9.59 Å². The fraction of sp³-hybridized carbons (Fsp3) is 0.417. The first-order chi connectivity index (χ1) is 8.90. The summed E-state index contributed by atoms with van der Waals surface area (Å²) in [7, 11) is 0. The summed E-state index contributed by atoms with van der Waals surface area (Å²) in [6, 6.07) is 2.52. The fourth-order valence-electron chi connectivity index (χ4n) is 1.35. The van der Waals surface area contributed by atoms with Gasteiger partial charge in [-0.25, -0.2) is 4.79 Å². The van der Waals surface area contributed by atoms with E-state index in [1.165, 1.54) is 12.1 Å². The van der Waals surface area contributed by atoms with E-state index < -0.39 is 11.9 Å². The number of amides is 2. The van der Waals surface area contributed by atoms with Gasteiger partial charge in [0.25, 0.3) is 5.91 Å². The van der Waals surface area contributed by atoms with Gasteiger partial charge in [-0.1, -0.05) is 0 Å². The van der Waals surface area contributed by atoms with Crippen molar-refractivity contribution < 1.29 is 23.9 Å². The largest absolute Gasteiger partial charge is 0.475 e. The molecule has 0 radical (unpaired) electrons. The topological polar surface area (TPSA) is 109 Å². The minimum absolute atomic E-state index is 0.0476. The number of carbonyl (C=O) groups excluding carboxylic acids is 2. The lowest BCUT2D eigenvalue weighted by molar-refractivity contribution is -0.121. The average molecular weight is 268 g/mol. The van der Waals surface area contributed by atoms with Crippen molar-refractivity contribution >= 4 is 17.8 Å². The molecule has 0 aliphatic rings. The molecule has 0 bridgehead atoms. The molecule has 1 heterocycles. The highest BCUT2D eigenvalue weighted by Gasteiger charge is 2.14. The molecule has 1 aromatic heterocycles. The van der Waals surface area contributed by atoms with Gasteiger partial charge in [0.2, 0.25) is 11.7 Å². The van der Waals surface area contributed by atoms with Crippen LogP contribution in [0.5, 0.6) is 0 Å². The van der Waals surface area contributed by atoms with Crippen LogP contribution in [0.3, 0.4) is 0 Å². The first-order valence-electron chi connectivity index (χ1n) is 5.81. The lowest BCUT2D eigenvalue weighted by Crippen LogP contribution is -2.34. The first-order valence-corrected chi connectivity index (χ1v) is 5.81. The molecule has 104 valence electrons. The quantitative estimate of drug-likeness (QED) is 0.701. The van der Waals surface area contributed by atoms with Gasteiger partial charge in [-0.05, 0) is 26.0 Å². The molecule has 2 amide bonds. The molecule has 7 heteroatoms. The zero-order chi connectivity index (χ0) is 14.4. The zero-order valence-electron chi connectivity index (χ0n) is 10.7. The van der Waals surface area contributed by atoms with E-state index in [0.29, 0.717) is 0 Å². The fourth-order valence-corrected chi connectivity index (χ4v) is 1.35.